The molecule has 1 aromatic carbocycles. The molecule has 0 unspecified atom stereocenters. The minimum Gasteiger partial charge on any atom is -0.515 e. The van der Waals surface area contributed by atoms with Gasteiger partial charge in [0.25, 0.3) is 0 Å². The topological polar surface area (TPSA) is 112 Å². The van der Waals surface area contributed by atoms with Crippen LogP contribution in [0, 0.1) is 20.8 Å². The number of aliphatic hydroxyl groups is 2. The molecule has 1 aliphatic carbocycles. The number of carbonyl (C=O) groups is 2. The van der Waals surface area contributed by atoms with Crippen LogP contribution in [0.25, 0.3) is 5.57 Å². The SMILES string of the molecule is CC(=O)COCCOCCOCCO.Cc1cc(C)c(/C(=C\O)C(=O)OC2CCCCC2)c(C)c1. The monoisotopic (exact) mass is 494 g/mol. The van der Waals surface area contributed by atoms with Crippen LogP contribution >= 0.6 is 0 Å². The number of esters is 1. The Bertz CT molecular complexity index is 773. The van der Waals surface area contributed by atoms with Crippen molar-refractivity contribution in [3.8, 4) is 0 Å². The molecule has 0 bridgehead atoms. The van der Waals surface area contributed by atoms with Crippen molar-refractivity contribution in [2.45, 2.75) is 65.9 Å². The summed E-state index contributed by atoms with van der Waals surface area (Å²) in [4.78, 5) is 22.8. The molecule has 0 heterocycles. The van der Waals surface area contributed by atoms with E-state index in [1.165, 1.54) is 13.3 Å². The van der Waals surface area contributed by atoms with Crippen molar-refractivity contribution in [3.05, 3.63) is 40.6 Å². The van der Waals surface area contributed by atoms with Gasteiger partial charge in [-0.05, 0) is 70.1 Å². The highest BCUT2D eigenvalue weighted by molar-refractivity contribution is 6.17. The van der Waals surface area contributed by atoms with Gasteiger partial charge < -0.3 is 29.2 Å². The predicted octanol–water partition coefficient (Wildman–Crippen LogP) is 4.00. The Balaban J connectivity index is 0.000000383. The number of carbonyl (C=O) groups excluding carboxylic acids is 2. The van der Waals surface area contributed by atoms with E-state index in [0.29, 0.717) is 33.0 Å². The maximum absolute atomic E-state index is 12.4. The van der Waals surface area contributed by atoms with Crippen LogP contribution in [0.3, 0.4) is 0 Å². The summed E-state index contributed by atoms with van der Waals surface area (Å²) in [6.07, 6.45) is 6.17. The van der Waals surface area contributed by atoms with E-state index in [1.807, 2.05) is 32.9 Å². The van der Waals surface area contributed by atoms with Crippen LogP contribution < -0.4 is 0 Å². The van der Waals surface area contributed by atoms with Gasteiger partial charge in [0.2, 0.25) is 0 Å². The molecule has 0 saturated heterocycles. The Hall–Kier alpha value is -2.26. The lowest BCUT2D eigenvalue weighted by Crippen LogP contribution is -2.22. The first-order valence-corrected chi connectivity index (χ1v) is 12.3. The average molecular weight is 495 g/mol. The number of Topliss-reactive ketones (excluding diaryl/α,β-unsaturated/α-hetero) is 1. The van der Waals surface area contributed by atoms with Gasteiger partial charge in [-0.3, -0.25) is 4.79 Å². The van der Waals surface area contributed by atoms with Crippen LogP contribution in [0.2, 0.25) is 0 Å². The Kier molecular flexibility index (Phi) is 15.9. The van der Waals surface area contributed by atoms with Gasteiger partial charge in [0.05, 0.1) is 45.9 Å². The molecule has 1 aromatic rings. The number of rotatable bonds is 13. The predicted molar refractivity (Wildman–Crippen MR) is 134 cm³/mol. The van der Waals surface area contributed by atoms with Crippen LogP contribution in [-0.4, -0.2) is 74.3 Å². The second-order valence-electron chi connectivity index (χ2n) is 8.68. The van der Waals surface area contributed by atoms with Gasteiger partial charge in [0, 0.05) is 0 Å². The zero-order valence-electron chi connectivity index (χ0n) is 21.6. The average Bonchev–Trinajstić information content (AvgIpc) is 2.81. The fraction of sp³-hybridized carbons (Fsp3) is 0.630. The largest absolute Gasteiger partial charge is 0.515 e. The third kappa shape index (κ3) is 12.9. The van der Waals surface area contributed by atoms with Crippen LogP contribution in [0.15, 0.2) is 18.4 Å². The summed E-state index contributed by atoms with van der Waals surface area (Å²) < 4.78 is 20.6. The molecule has 0 aliphatic heterocycles. The van der Waals surface area contributed by atoms with Crippen LogP contribution in [0.4, 0.5) is 0 Å². The lowest BCUT2D eigenvalue weighted by Gasteiger charge is -2.23. The summed E-state index contributed by atoms with van der Waals surface area (Å²) in [5, 5.41) is 17.9. The summed E-state index contributed by atoms with van der Waals surface area (Å²) in [5.74, 6) is -0.407. The van der Waals surface area contributed by atoms with Crippen molar-refractivity contribution >= 4 is 17.3 Å². The molecule has 0 amide bonds. The highest BCUT2D eigenvalue weighted by atomic mass is 16.5. The van der Waals surface area contributed by atoms with Crippen molar-refractivity contribution in [2.75, 3.05) is 46.2 Å². The van der Waals surface area contributed by atoms with Crippen molar-refractivity contribution in [1.29, 1.82) is 0 Å². The summed E-state index contributed by atoms with van der Waals surface area (Å²) in [5.41, 5.74) is 4.15. The minimum absolute atomic E-state index is 0.00717. The fourth-order valence-electron chi connectivity index (χ4n) is 3.94. The summed E-state index contributed by atoms with van der Waals surface area (Å²) >= 11 is 0. The van der Waals surface area contributed by atoms with Gasteiger partial charge in [0.1, 0.15) is 18.3 Å². The first-order valence-electron chi connectivity index (χ1n) is 12.3. The van der Waals surface area contributed by atoms with Crippen LogP contribution in [0.1, 0.15) is 61.3 Å². The molecule has 0 spiro atoms. The zero-order chi connectivity index (χ0) is 26.1. The van der Waals surface area contributed by atoms with Gasteiger partial charge in [-0.2, -0.15) is 0 Å². The van der Waals surface area contributed by atoms with E-state index in [1.54, 1.807) is 0 Å². The van der Waals surface area contributed by atoms with Crippen molar-refractivity contribution in [1.82, 2.24) is 0 Å². The van der Waals surface area contributed by atoms with Gasteiger partial charge in [0.15, 0.2) is 5.78 Å². The molecule has 8 heteroatoms. The van der Waals surface area contributed by atoms with Gasteiger partial charge in [-0.25, -0.2) is 4.79 Å². The molecule has 0 radical (unpaired) electrons. The molecule has 35 heavy (non-hydrogen) atoms. The molecule has 8 nitrogen and oxygen atoms in total. The van der Waals surface area contributed by atoms with E-state index in [0.717, 1.165) is 54.2 Å². The zero-order valence-corrected chi connectivity index (χ0v) is 21.6. The minimum atomic E-state index is -0.417. The number of benzene rings is 1. The Labute approximate surface area is 209 Å². The van der Waals surface area contributed by atoms with Gasteiger partial charge in [-0.15, -0.1) is 0 Å². The highest BCUT2D eigenvalue weighted by Crippen LogP contribution is 2.27. The normalized spacial score (nSPS) is 14.3. The van der Waals surface area contributed by atoms with E-state index in [4.69, 9.17) is 24.1 Å². The van der Waals surface area contributed by atoms with E-state index in [2.05, 4.69) is 0 Å². The van der Waals surface area contributed by atoms with E-state index in [9.17, 15) is 14.7 Å². The third-order valence-electron chi connectivity index (χ3n) is 5.41. The Morgan fingerprint density at radius 1 is 0.914 bits per heavy atom. The van der Waals surface area contributed by atoms with Gasteiger partial charge >= 0.3 is 5.97 Å². The number of aryl methyl sites for hydroxylation is 3. The summed E-state index contributed by atoms with van der Waals surface area (Å²) in [6.45, 7) is 9.72. The Morgan fingerprint density at radius 3 is 1.97 bits per heavy atom. The molecule has 1 fully saturated rings. The van der Waals surface area contributed by atoms with Crippen molar-refractivity contribution in [3.63, 3.8) is 0 Å². The molecule has 0 atom stereocenters. The lowest BCUT2D eigenvalue weighted by atomic mass is 9.94. The maximum atomic E-state index is 12.4. The van der Waals surface area contributed by atoms with E-state index in [-0.39, 0.29) is 30.7 Å². The van der Waals surface area contributed by atoms with E-state index < -0.39 is 5.97 Å². The van der Waals surface area contributed by atoms with Crippen molar-refractivity contribution in [2.24, 2.45) is 0 Å². The standard InChI is InChI=1S/C18H24O3.C9H18O5/c1-12-9-13(2)17(14(3)10-12)16(11-19)18(20)21-15-7-5-4-6-8-15;1-9(11)8-14-7-6-13-5-4-12-3-2-10/h9-11,15,19H,4-8H2,1-3H3;10H,2-8H2,1H3/b16-11+;. The first kappa shape index (κ1) is 30.8. The van der Waals surface area contributed by atoms with Crippen LogP contribution in [0.5, 0.6) is 0 Å². The van der Waals surface area contributed by atoms with Gasteiger partial charge in [-0.1, -0.05) is 24.1 Å². The molecular weight excluding hydrogens is 452 g/mol. The van der Waals surface area contributed by atoms with Crippen molar-refractivity contribution < 1.29 is 38.7 Å². The first-order chi connectivity index (χ1) is 16.8. The molecule has 2 rings (SSSR count). The highest BCUT2D eigenvalue weighted by Gasteiger charge is 2.23. The number of ether oxygens (including phenoxy) is 4. The summed E-state index contributed by atoms with van der Waals surface area (Å²) in [7, 11) is 0. The molecule has 1 aliphatic rings. The van der Waals surface area contributed by atoms with Crippen LogP contribution in [-0.2, 0) is 28.5 Å². The Morgan fingerprint density at radius 2 is 1.46 bits per heavy atom. The maximum Gasteiger partial charge on any atom is 0.342 e. The lowest BCUT2D eigenvalue weighted by molar-refractivity contribution is -0.143. The fourth-order valence-corrected chi connectivity index (χ4v) is 3.94. The third-order valence-corrected chi connectivity index (χ3v) is 5.41. The quantitative estimate of drug-likeness (QED) is 0.183. The molecule has 1 saturated carbocycles. The molecule has 0 aromatic heterocycles. The number of aliphatic hydroxyl groups excluding tert-OH is 2. The number of ketones is 1. The molecule has 198 valence electrons. The molecule has 2 N–H and O–H groups in total. The summed E-state index contributed by atoms with van der Waals surface area (Å²) in [6, 6.07) is 4.03. The number of hydrogen-bond donors (Lipinski definition) is 2. The van der Waals surface area contributed by atoms with E-state index >= 15 is 0 Å². The second-order valence-corrected chi connectivity index (χ2v) is 8.68. The molecular formula is C27H42O8. The number of hydrogen-bond acceptors (Lipinski definition) is 8. The second kappa shape index (κ2) is 18.1. The smallest absolute Gasteiger partial charge is 0.342 e.